The Morgan fingerprint density at radius 3 is 1.77 bits per heavy atom. The zero-order valence-electron chi connectivity index (χ0n) is 46.7. The zero-order chi connectivity index (χ0) is 54.0. The number of carboxylic acid groups (broad SMARTS) is 1. The van der Waals surface area contributed by atoms with Crippen LogP contribution in [0.2, 0.25) is 0 Å². The Kier molecular flexibility index (Phi) is 18.1. The summed E-state index contributed by atoms with van der Waals surface area (Å²) in [6.07, 6.45) is -3.33. The van der Waals surface area contributed by atoms with Crippen molar-refractivity contribution in [1.82, 2.24) is 0 Å². The molecule has 0 aromatic heterocycles. The Balaban J connectivity index is 1.03. The molecule has 0 bridgehead atoms. The second-order valence-electron chi connectivity index (χ2n) is 23.7. The molecule has 8 aliphatic rings. The van der Waals surface area contributed by atoms with Gasteiger partial charge in [-0.3, -0.25) is 0 Å². The average molecular weight is 1060 g/mol. The third-order valence-electron chi connectivity index (χ3n) is 19.5. The minimum Gasteiger partial charge on any atom is -0.479 e. The van der Waals surface area contributed by atoms with Crippen molar-refractivity contribution in [2.24, 2.45) is 29.6 Å². The van der Waals surface area contributed by atoms with Gasteiger partial charge >= 0.3 is 5.97 Å². The van der Waals surface area contributed by atoms with E-state index in [1.165, 1.54) is 14.2 Å². The van der Waals surface area contributed by atoms with Gasteiger partial charge in [-0.15, -0.1) is 0 Å². The van der Waals surface area contributed by atoms with Crippen molar-refractivity contribution in [3.05, 3.63) is 0 Å². The van der Waals surface area contributed by atoms with Crippen molar-refractivity contribution in [2.75, 3.05) is 35.5 Å². The summed E-state index contributed by atoms with van der Waals surface area (Å²) in [7, 11) is 8.01. The highest BCUT2D eigenvalue weighted by atomic mass is 16.8. The van der Waals surface area contributed by atoms with Gasteiger partial charge in [-0.2, -0.15) is 0 Å². The maximum Gasteiger partial charge on any atom is 0.338 e. The summed E-state index contributed by atoms with van der Waals surface area (Å²) in [5.41, 5.74) is -2.32. The number of carbonyl (C=O) groups is 1. The molecule has 8 rings (SSSR count). The Hall–Kier alpha value is -1.25. The van der Waals surface area contributed by atoms with Gasteiger partial charge in [0.15, 0.2) is 24.2 Å². The molecule has 0 aromatic rings. The van der Waals surface area contributed by atoms with Crippen molar-refractivity contribution < 1.29 is 96.3 Å². The van der Waals surface area contributed by atoms with E-state index in [1.807, 2.05) is 27.7 Å². The second kappa shape index (κ2) is 22.7. The lowest BCUT2D eigenvalue weighted by atomic mass is 9.73. The standard InChI is InChI=1S/C54H92O20/c1-26-44(69-42-22-19-34(60-11)31(6)65-42)28(3)52(10,58)73-45(26)38-17-16-36(67-38)37-18-21-40(68-37)51(9)48(70-43-23-20-35(61-12)32(7)66-43)30(5)54(74-51)27(2)39(62-13)24-33(71-54)25-41-50(8,64-15)47(63-14)29(4)53(59,72-41)46(55)49(56)57/h26-48,55,58-59H,16-25H2,1-15H3,(H,56,57)/t26-,27+,28+,29+,30-,31-,32-,33-,34+,35+,36+,37-,38-,39-,40+,41+,42+,43+,44-,45-,46-,47+,48-,50+,51+,52+,53+,54-/m0/s1. The van der Waals surface area contributed by atoms with E-state index < -0.39 is 108 Å². The molecular weight excluding hydrogens is 969 g/mol. The third kappa shape index (κ3) is 10.5. The molecule has 8 saturated heterocycles. The van der Waals surface area contributed by atoms with E-state index in [2.05, 4.69) is 20.8 Å². The van der Waals surface area contributed by atoms with Crippen LogP contribution < -0.4 is 0 Å². The lowest BCUT2D eigenvalue weighted by Crippen LogP contribution is -2.72. The third-order valence-corrected chi connectivity index (χ3v) is 19.5. The molecule has 0 amide bonds. The van der Waals surface area contributed by atoms with Gasteiger partial charge < -0.3 is 91.5 Å². The normalized spacial score (nSPS) is 53.6. The van der Waals surface area contributed by atoms with E-state index in [0.717, 1.165) is 19.3 Å². The summed E-state index contributed by atoms with van der Waals surface area (Å²) in [6, 6.07) is 0. The highest BCUT2D eigenvalue weighted by Crippen LogP contribution is 2.58. The molecule has 0 aromatic carbocycles. The SMILES string of the molecule is CO[C@H]1C[C@@H](C[C@H]2O[C@@](O)([C@@H](O)C(=O)O)[C@H](C)[C@@H](OC)[C@]2(C)OC)O[C@]2(O[C@](C)([C@H]3CC[C@@H]([C@H]4CC[C@@H]([C@H]5O[C@@](C)(O)[C@H](C)[C@@H](O[C@@H]6CC[C@@H](OC)[C@H](C)O6)[C@@H]5C)O4)O3)[C@@H](O[C@@H]3CC[C@@H](OC)[C@H](C)O3)[C@@H]2C)[C@@H]1C. The minimum atomic E-state index is -2.53. The molecule has 1 spiro atoms. The lowest BCUT2D eigenvalue weighted by Gasteiger charge is -2.56. The molecule has 0 radical (unpaired) electrons. The van der Waals surface area contributed by atoms with Crippen LogP contribution in [-0.2, 0) is 75.8 Å². The van der Waals surface area contributed by atoms with Gasteiger partial charge in [-0.05, 0) is 73.1 Å². The molecule has 0 aliphatic carbocycles. The summed E-state index contributed by atoms with van der Waals surface area (Å²) < 4.78 is 98.1. The van der Waals surface area contributed by atoms with Crippen LogP contribution in [-0.4, -0.2) is 201 Å². The van der Waals surface area contributed by atoms with Gasteiger partial charge in [0.1, 0.15) is 11.2 Å². The van der Waals surface area contributed by atoms with E-state index in [1.54, 1.807) is 42.1 Å². The maximum absolute atomic E-state index is 12.2. The van der Waals surface area contributed by atoms with Crippen molar-refractivity contribution in [2.45, 2.75) is 272 Å². The first-order chi connectivity index (χ1) is 34.9. The van der Waals surface area contributed by atoms with Crippen LogP contribution in [0.15, 0.2) is 0 Å². The van der Waals surface area contributed by atoms with E-state index in [9.17, 15) is 25.2 Å². The monoisotopic (exact) mass is 1060 g/mol. The van der Waals surface area contributed by atoms with Crippen LogP contribution >= 0.6 is 0 Å². The molecular formula is C54H92O20. The molecule has 4 N–H and O–H groups in total. The number of rotatable bonds is 16. The molecule has 28 atom stereocenters. The summed E-state index contributed by atoms with van der Waals surface area (Å²) >= 11 is 0. The molecule has 20 heteroatoms. The number of carboxylic acids is 1. The van der Waals surface area contributed by atoms with Crippen molar-refractivity contribution >= 4 is 5.97 Å². The fourth-order valence-electron chi connectivity index (χ4n) is 14.6. The Morgan fingerprint density at radius 2 is 1.20 bits per heavy atom. The van der Waals surface area contributed by atoms with Gasteiger partial charge in [-0.1, -0.05) is 34.6 Å². The Bertz CT molecular complexity index is 1880. The first-order valence-electron chi connectivity index (χ1n) is 27.5. The smallest absolute Gasteiger partial charge is 0.338 e. The number of aliphatic hydroxyl groups is 3. The first-order valence-corrected chi connectivity index (χ1v) is 27.5. The second-order valence-corrected chi connectivity index (χ2v) is 23.7. The van der Waals surface area contributed by atoms with Gasteiger partial charge in [0.05, 0.1) is 91.6 Å². The van der Waals surface area contributed by atoms with Crippen molar-refractivity contribution in [3.8, 4) is 0 Å². The highest BCUT2D eigenvalue weighted by molar-refractivity contribution is 5.73. The number of hydrogen-bond donors (Lipinski definition) is 4. The number of aliphatic hydroxyl groups excluding tert-OH is 1. The van der Waals surface area contributed by atoms with Crippen LogP contribution in [0, 0.1) is 29.6 Å². The summed E-state index contributed by atoms with van der Waals surface area (Å²) in [5.74, 6) is -9.21. The van der Waals surface area contributed by atoms with Gasteiger partial charge in [0, 0.05) is 90.8 Å². The predicted molar refractivity (Wildman–Crippen MR) is 262 cm³/mol. The van der Waals surface area contributed by atoms with Crippen LogP contribution in [0.4, 0.5) is 0 Å². The van der Waals surface area contributed by atoms with Crippen LogP contribution in [0.25, 0.3) is 0 Å². The first kappa shape index (κ1) is 58.9. The zero-order valence-corrected chi connectivity index (χ0v) is 46.7. The Morgan fingerprint density at radius 1 is 0.622 bits per heavy atom. The number of ether oxygens (including phenoxy) is 15. The van der Waals surface area contributed by atoms with Gasteiger partial charge in [-0.25, -0.2) is 4.79 Å². The van der Waals surface area contributed by atoms with E-state index in [4.69, 9.17) is 71.1 Å². The van der Waals surface area contributed by atoms with Crippen molar-refractivity contribution in [3.63, 3.8) is 0 Å². The van der Waals surface area contributed by atoms with E-state index in [-0.39, 0.29) is 73.0 Å². The van der Waals surface area contributed by atoms with Crippen LogP contribution in [0.3, 0.4) is 0 Å². The van der Waals surface area contributed by atoms with E-state index in [0.29, 0.717) is 38.5 Å². The quantitative estimate of drug-likeness (QED) is 0.162. The number of hydrogen-bond acceptors (Lipinski definition) is 19. The molecule has 20 nitrogen and oxygen atoms in total. The molecule has 428 valence electrons. The maximum atomic E-state index is 12.2. The lowest BCUT2D eigenvalue weighted by molar-refractivity contribution is -0.389. The van der Waals surface area contributed by atoms with Crippen molar-refractivity contribution in [1.29, 1.82) is 0 Å². The minimum absolute atomic E-state index is 0.00610. The largest absolute Gasteiger partial charge is 0.479 e. The van der Waals surface area contributed by atoms with Crippen LogP contribution in [0.1, 0.15) is 133 Å². The molecule has 0 unspecified atom stereocenters. The van der Waals surface area contributed by atoms with Gasteiger partial charge in [0.25, 0.3) is 0 Å². The fraction of sp³-hybridized carbons (Fsp3) is 0.981. The molecule has 8 fully saturated rings. The summed E-state index contributed by atoms with van der Waals surface area (Å²) in [5, 5.41) is 44.4. The molecule has 74 heavy (non-hydrogen) atoms. The topological polar surface area (TPSA) is 236 Å². The Labute approximate surface area is 438 Å². The summed E-state index contributed by atoms with van der Waals surface area (Å²) in [4.78, 5) is 12.2. The van der Waals surface area contributed by atoms with E-state index >= 15 is 0 Å². The average Bonchev–Trinajstić information content (AvgIpc) is 4.11. The van der Waals surface area contributed by atoms with Crippen LogP contribution in [0.5, 0.6) is 0 Å². The number of methoxy groups -OCH3 is 5. The predicted octanol–water partition coefficient (Wildman–Crippen LogP) is 4.85. The fourth-order valence-corrected chi connectivity index (χ4v) is 14.6. The molecule has 0 saturated carbocycles. The number of aliphatic carboxylic acids is 1. The molecule has 8 aliphatic heterocycles. The molecule has 8 heterocycles. The van der Waals surface area contributed by atoms with Gasteiger partial charge in [0.2, 0.25) is 11.9 Å². The highest BCUT2D eigenvalue weighted by Gasteiger charge is 2.70. The summed E-state index contributed by atoms with van der Waals surface area (Å²) in [6.45, 7) is 19.3.